The number of hydrogen-bond acceptors (Lipinski definition) is 2. The predicted octanol–water partition coefficient (Wildman–Crippen LogP) is 2.74. The molecule has 0 bridgehead atoms. The lowest BCUT2D eigenvalue weighted by atomic mass is 10.2. The molecule has 0 aromatic heterocycles. The Morgan fingerprint density at radius 1 is 1.46 bits per heavy atom. The standard InChI is InChI=1S/C11H20O2/c1-10(2)6-5-9-13-11-7-3-4-8-12-11/h5-6,10-11H,3-4,7-9H2,1-2H3/b6-5+. The van der Waals surface area contributed by atoms with Gasteiger partial charge in [-0.2, -0.15) is 0 Å². The lowest BCUT2D eigenvalue weighted by molar-refractivity contribution is -0.155. The average molecular weight is 184 g/mol. The van der Waals surface area contributed by atoms with Gasteiger partial charge in [-0.3, -0.25) is 0 Å². The molecule has 0 amide bonds. The molecule has 1 atom stereocenters. The van der Waals surface area contributed by atoms with Crippen LogP contribution in [-0.2, 0) is 9.47 Å². The van der Waals surface area contributed by atoms with Crippen LogP contribution in [0.4, 0.5) is 0 Å². The highest BCUT2D eigenvalue weighted by Crippen LogP contribution is 2.13. The fourth-order valence-corrected chi connectivity index (χ4v) is 1.33. The molecule has 0 spiro atoms. The van der Waals surface area contributed by atoms with E-state index < -0.39 is 0 Å². The zero-order valence-electron chi connectivity index (χ0n) is 8.66. The van der Waals surface area contributed by atoms with Crippen molar-refractivity contribution in [3.63, 3.8) is 0 Å². The van der Waals surface area contributed by atoms with E-state index in [0.717, 1.165) is 13.0 Å². The van der Waals surface area contributed by atoms with Crippen LogP contribution in [0.3, 0.4) is 0 Å². The third-order valence-corrected chi connectivity index (χ3v) is 2.04. The maximum Gasteiger partial charge on any atom is 0.157 e. The molecule has 0 aliphatic carbocycles. The summed E-state index contributed by atoms with van der Waals surface area (Å²) in [5.74, 6) is 0.607. The quantitative estimate of drug-likeness (QED) is 0.625. The highest BCUT2D eigenvalue weighted by atomic mass is 16.7. The van der Waals surface area contributed by atoms with Crippen molar-refractivity contribution in [3.05, 3.63) is 12.2 Å². The van der Waals surface area contributed by atoms with Gasteiger partial charge < -0.3 is 9.47 Å². The molecule has 0 saturated carbocycles. The SMILES string of the molecule is CC(C)/C=C/COC1CCCCO1. The van der Waals surface area contributed by atoms with Crippen LogP contribution in [0.1, 0.15) is 33.1 Å². The van der Waals surface area contributed by atoms with E-state index in [9.17, 15) is 0 Å². The summed E-state index contributed by atoms with van der Waals surface area (Å²) >= 11 is 0. The van der Waals surface area contributed by atoms with E-state index in [-0.39, 0.29) is 6.29 Å². The summed E-state index contributed by atoms with van der Waals surface area (Å²) in [7, 11) is 0. The van der Waals surface area contributed by atoms with Crippen molar-refractivity contribution in [2.24, 2.45) is 5.92 Å². The first-order valence-corrected chi connectivity index (χ1v) is 5.19. The molecule has 1 fully saturated rings. The van der Waals surface area contributed by atoms with Crippen molar-refractivity contribution < 1.29 is 9.47 Å². The van der Waals surface area contributed by atoms with Crippen LogP contribution in [0.2, 0.25) is 0 Å². The first-order chi connectivity index (χ1) is 6.29. The van der Waals surface area contributed by atoms with Crippen LogP contribution < -0.4 is 0 Å². The second-order valence-electron chi connectivity index (χ2n) is 3.80. The van der Waals surface area contributed by atoms with Gasteiger partial charge in [0, 0.05) is 6.61 Å². The Hall–Kier alpha value is -0.340. The van der Waals surface area contributed by atoms with Gasteiger partial charge in [0.25, 0.3) is 0 Å². The molecule has 0 radical (unpaired) electrons. The minimum absolute atomic E-state index is 0.0468. The highest BCUT2D eigenvalue weighted by Gasteiger charge is 2.12. The molecule has 1 rings (SSSR count). The van der Waals surface area contributed by atoms with E-state index in [2.05, 4.69) is 26.0 Å². The number of hydrogen-bond donors (Lipinski definition) is 0. The van der Waals surface area contributed by atoms with E-state index in [1.54, 1.807) is 0 Å². The Morgan fingerprint density at radius 2 is 2.31 bits per heavy atom. The minimum atomic E-state index is 0.0468. The molecule has 1 heterocycles. The molecule has 1 aliphatic heterocycles. The number of rotatable bonds is 4. The molecule has 1 aliphatic rings. The molecule has 1 unspecified atom stereocenters. The number of allylic oxidation sites excluding steroid dienone is 1. The molecule has 2 nitrogen and oxygen atoms in total. The summed E-state index contributed by atoms with van der Waals surface area (Å²) in [4.78, 5) is 0. The lowest BCUT2D eigenvalue weighted by Gasteiger charge is -2.21. The summed E-state index contributed by atoms with van der Waals surface area (Å²) in [6.07, 6.45) is 7.74. The van der Waals surface area contributed by atoms with Gasteiger partial charge in [-0.1, -0.05) is 26.0 Å². The largest absolute Gasteiger partial charge is 0.353 e. The molecular weight excluding hydrogens is 164 g/mol. The van der Waals surface area contributed by atoms with Crippen LogP contribution in [0.5, 0.6) is 0 Å². The van der Waals surface area contributed by atoms with Crippen LogP contribution in [0.15, 0.2) is 12.2 Å². The summed E-state index contributed by atoms with van der Waals surface area (Å²) in [6.45, 7) is 5.86. The van der Waals surface area contributed by atoms with Crippen molar-refractivity contribution in [1.82, 2.24) is 0 Å². The third-order valence-electron chi connectivity index (χ3n) is 2.04. The zero-order chi connectivity index (χ0) is 9.52. The van der Waals surface area contributed by atoms with Crippen molar-refractivity contribution in [2.45, 2.75) is 39.4 Å². The Morgan fingerprint density at radius 3 is 2.92 bits per heavy atom. The monoisotopic (exact) mass is 184 g/mol. The first-order valence-electron chi connectivity index (χ1n) is 5.19. The van der Waals surface area contributed by atoms with Crippen LogP contribution in [0, 0.1) is 5.92 Å². The molecule has 13 heavy (non-hydrogen) atoms. The normalized spacial score (nSPS) is 24.4. The average Bonchev–Trinajstić information content (AvgIpc) is 2.14. The summed E-state index contributed by atoms with van der Waals surface area (Å²) < 4.78 is 11.0. The van der Waals surface area contributed by atoms with E-state index in [0.29, 0.717) is 12.5 Å². The molecule has 2 heteroatoms. The van der Waals surface area contributed by atoms with Gasteiger partial charge in [-0.05, 0) is 25.2 Å². The van der Waals surface area contributed by atoms with Crippen molar-refractivity contribution >= 4 is 0 Å². The fourth-order valence-electron chi connectivity index (χ4n) is 1.33. The predicted molar refractivity (Wildman–Crippen MR) is 53.5 cm³/mol. The van der Waals surface area contributed by atoms with Crippen LogP contribution >= 0.6 is 0 Å². The Kier molecular flexibility index (Phi) is 5.09. The van der Waals surface area contributed by atoms with Crippen LogP contribution in [0.25, 0.3) is 0 Å². The molecular formula is C11H20O2. The van der Waals surface area contributed by atoms with Gasteiger partial charge in [-0.25, -0.2) is 0 Å². The second-order valence-corrected chi connectivity index (χ2v) is 3.80. The smallest absolute Gasteiger partial charge is 0.157 e. The highest BCUT2D eigenvalue weighted by molar-refractivity contribution is 4.84. The molecule has 0 aromatic rings. The lowest BCUT2D eigenvalue weighted by Crippen LogP contribution is -2.22. The van der Waals surface area contributed by atoms with Gasteiger partial charge in [0.2, 0.25) is 0 Å². The van der Waals surface area contributed by atoms with Crippen molar-refractivity contribution in [2.75, 3.05) is 13.2 Å². The second kappa shape index (κ2) is 6.17. The van der Waals surface area contributed by atoms with Crippen LogP contribution in [-0.4, -0.2) is 19.5 Å². The van der Waals surface area contributed by atoms with E-state index in [4.69, 9.17) is 9.47 Å². The van der Waals surface area contributed by atoms with Gasteiger partial charge in [0.15, 0.2) is 6.29 Å². The molecule has 1 saturated heterocycles. The molecule has 0 N–H and O–H groups in total. The molecule has 76 valence electrons. The van der Waals surface area contributed by atoms with Gasteiger partial charge in [-0.15, -0.1) is 0 Å². The van der Waals surface area contributed by atoms with E-state index in [1.165, 1.54) is 12.8 Å². The molecule has 0 aromatic carbocycles. The minimum Gasteiger partial charge on any atom is -0.353 e. The van der Waals surface area contributed by atoms with E-state index >= 15 is 0 Å². The zero-order valence-corrected chi connectivity index (χ0v) is 8.66. The third kappa shape index (κ3) is 5.06. The van der Waals surface area contributed by atoms with E-state index in [1.807, 2.05) is 0 Å². The Balaban J connectivity index is 2.04. The van der Waals surface area contributed by atoms with Gasteiger partial charge in [0.05, 0.1) is 6.61 Å². The fraction of sp³-hybridized carbons (Fsp3) is 0.818. The summed E-state index contributed by atoms with van der Waals surface area (Å²) in [6, 6.07) is 0. The maximum atomic E-state index is 5.52. The number of ether oxygens (including phenoxy) is 2. The Bertz CT molecular complexity index is 146. The first kappa shape index (κ1) is 10.7. The van der Waals surface area contributed by atoms with Gasteiger partial charge >= 0.3 is 0 Å². The summed E-state index contributed by atoms with van der Waals surface area (Å²) in [5, 5.41) is 0. The topological polar surface area (TPSA) is 18.5 Å². The van der Waals surface area contributed by atoms with Gasteiger partial charge in [0.1, 0.15) is 0 Å². The van der Waals surface area contributed by atoms with Crippen molar-refractivity contribution in [1.29, 1.82) is 0 Å². The maximum absolute atomic E-state index is 5.52. The summed E-state index contributed by atoms with van der Waals surface area (Å²) in [5.41, 5.74) is 0. The Labute approximate surface area is 80.9 Å². The van der Waals surface area contributed by atoms with Crippen molar-refractivity contribution in [3.8, 4) is 0 Å².